The van der Waals surface area contributed by atoms with Crippen molar-refractivity contribution >= 4 is 17.5 Å². The fourth-order valence-corrected chi connectivity index (χ4v) is 3.90. The first-order valence-electron chi connectivity index (χ1n) is 8.71. The Morgan fingerprint density at radius 3 is 2.71 bits per heavy atom. The molecule has 1 aromatic carbocycles. The number of carbonyl (C=O) groups excluding carboxylic acids is 1. The molecule has 0 spiro atoms. The van der Waals surface area contributed by atoms with Gasteiger partial charge in [-0.3, -0.25) is 9.69 Å². The van der Waals surface area contributed by atoms with E-state index in [1.54, 1.807) is 0 Å². The molecule has 2 fully saturated rings. The van der Waals surface area contributed by atoms with Crippen molar-refractivity contribution in [3.63, 3.8) is 0 Å². The summed E-state index contributed by atoms with van der Waals surface area (Å²) in [6, 6.07) is 4.89. The highest BCUT2D eigenvalue weighted by Gasteiger charge is 2.28. The number of amides is 1. The van der Waals surface area contributed by atoms with Crippen molar-refractivity contribution in [1.29, 1.82) is 0 Å². The monoisotopic (exact) mass is 353 g/mol. The summed E-state index contributed by atoms with van der Waals surface area (Å²) in [7, 11) is 2.17. The summed E-state index contributed by atoms with van der Waals surface area (Å²) < 4.78 is 13.2. The lowest BCUT2D eigenvalue weighted by atomic mass is 9.98. The van der Waals surface area contributed by atoms with Crippen LogP contribution in [0.25, 0.3) is 0 Å². The Hall–Kier alpha value is -1.17. The number of halogens is 2. The number of nitrogens with one attached hydrogen (secondary N) is 1. The fourth-order valence-electron chi connectivity index (χ4n) is 3.72. The van der Waals surface area contributed by atoms with Gasteiger partial charge in [-0.2, -0.15) is 0 Å². The lowest BCUT2D eigenvalue weighted by molar-refractivity contribution is 0.0766. The highest BCUT2D eigenvalue weighted by atomic mass is 35.5. The molecule has 132 valence electrons. The van der Waals surface area contributed by atoms with E-state index in [1.165, 1.54) is 31.0 Å². The van der Waals surface area contributed by atoms with Gasteiger partial charge in [-0.1, -0.05) is 11.6 Å². The molecule has 1 aromatic rings. The summed E-state index contributed by atoms with van der Waals surface area (Å²) >= 11 is 5.77. The summed E-state index contributed by atoms with van der Waals surface area (Å²) in [6.07, 6.45) is 4.49. The Bertz CT molecular complexity index is 590. The van der Waals surface area contributed by atoms with Crippen molar-refractivity contribution in [3.8, 4) is 0 Å². The fraction of sp³-hybridized carbons (Fsp3) is 0.611. The highest BCUT2D eigenvalue weighted by Crippen LogP contribution is 2.21. The van der Waals surface area contributed by atoms with Gasteiger partial charge in [0.2, 0.25) is 0 Å². The van der Waals surface area contributed by atoms with Crippen molar-refractivity contribution < 1.29 is 9.18 Å². The van der Waals surface area contributed by atoms with Gasteiger partial charge in [0, 0.05) is 24.2 Å². The van der Waals surface area contributed by atoms with Gasteiger partial charge < -0.3 is 10.2 Å². The third-order valence-corrected chi connectivity index (χ3v) is 5.46. The molecule has 0 aliphatic carbocycles. The molecule has 2 aliphatic heterocycles. The number of likely N-dealkylation sites (tertiary alicyclic amines) is 2. The Morgan fingerprint density at radius 2 is 2.00 bits per heavy atom. The quantitative estimate of drug-likeness (QED) is 0.907. The zero-order valence-corrected chi connectivity index (χ0v) is 14.9. The predicted octanol–water partition coefficient (Wildman–Crippen LogP) is 2.77. The minimum Gasteiger partial charge on any atom is -0.348 e. The van der Waals surface area contributed by atoms with Crippen LogP contribution in [0.15, 0.2) is 18.2 Å². The SMILES string of the molecule is CN1CCC(N2CCCC(NC(=O)c3ccc(F)c(Cl)c3)C2)CC1. The molecule has 1 unspecified atom stereocenters. The standard InChI is InChI=1S/C18H25ClFN3O/c1-22-9-6-15(7-10-22)23-8-2-3-14(12-23)21-18(24)13-4-5-17(20)16(19)11-13/h4-5,11,14-15H,2-3,6-10,12H2,1H3,(H,21,24). The van der Waals surface area contributed by atoms with E-state index in [0.717, 1.165) is 39.0 Å². The van der Waals surface area contributed by atoms with Gasteiger partial charge >= 0.3 is 0 Å². The van der Waals surface area contributed by atoms with Gasteiger partial charge in [0.05, 0.1) is 5.02 Å². The molecule has 0 saturated carbocycles. The normalized spacial score (nSPS) is 24.0. The zero-order valence-electron chi connectivity index (χ0n) is 14.1. The third kappa shape index (κ3) is 4.26. The molecule has 6 heteroatoms. The molecule has 2 aliphatic rings. The molecular formula is C18H25ClFN3O. The number of benzene rings is 1. The highest BCUT2D eigenvalue weighted by molar-refractivity contribution is 6.31. The number of hydrogen-bond acceptors (Lipinski definition) is 3. The Labute approximate surface area is 147 Å². The Morgan fingerprint density at radius 1 is 1.25 bits per heavy atom. The largest absolute Gasteiger partial charge is 0.348 e. The lowest BCUT2D eigenvalue weighted by Gasteiger charge is -2.41. The molecule has 2 saturated heterocycles. The van der Waals surface area contributed by atoms with E-state index in [-0.39, 0.29) is 17.0 Å². The average molecular weight is 354 g/mol. The second-order valence-electron chi connectivity index (χ2n) is 6.97. The second kappa shape index (κ2) is 7.81. The topological polar surface area (TPSA) is 35.6 Å². The van der Waals surface area contributed by atoms with E-state index in [4.69, 9.17) is 11.6 Å². The maximum atomic E-state index is 13.2. The van der Waals surface area contributed by atoms with Gasteiger partial charge in [-0.05, 0) is 70.6 Å². The van der Waals surface area contributed by atoms with Crippen LogP contribution < -0.4 is 5.32 Å². The van der Waals surface area contributed by atoms with Crippen molar-refractivity contribution in [2.45, 2.75) is 37.8 Å². The first-order chi connectivity index (χ1) is 11.5. The van der Waals surface area contributed by atoms with Crippen LogP contribution in [0.2, 0.25) is 5.02 Å². The van der Waals surface area contributed by atoms with Crippen LogP contribution in [0.3, 0.4) is 0 Å². The number of carbonyl (C=O) groups is 1. The van der Waals surface area contributed by atoms with Gasteiger partial charge in [0.25, 0.3) is 5.91 Å². The third-order valence-electron chi connectivity index (χ3n) is 5.17. The average Bonchev–Trinajstić information content (AvgIpc) is 2.58. The Balaban J connectivity index is 1.56. The first kappa shape index (κ1) is 17.6. The maximum absolute atomic E-state index is 13.2. The van der Waals surface area contributed by atoms with Gasteiger partial charge in [-0.15, -0.1) is 0 Å². The van der Waals surface area contributed by atoms with Crippen molar-refractivity contribution in [2.75, 3.05) is 33.2 Å². The van der Waals surface area contributed by atoms with Gasteiger partial charge in [0.15, 0.2) is 0 Å². The minimum absolute atomic E-state index is 0.0146. The van der Waals surface area contributed by atoms with E-state index in [9.17, 15) is 9.18 Å². The first-order valence-corrected chi connectivity index (χ1v) is 9.09. The van der Waals surface area contributed by atoms with E-state index < -0.39 is 5.82 Å². The molecule has 3 rings (SSSR count). The summed E-state index contributed by atoms with van der Waals surface area (Å²) in [5, 5.41) is 3.07. The molecule has 1 amide bonds. The van der Waals surface area contributed by atoms with Crippen LogP contribution in [0.4, 0.5) is 4.39 Å². The summed E-state index contributed by atoms with van der Waals surface area (Å²) in [4.78, 5) is 17.3. The van der Waals surface area contributed by atoms with Crippen LogP contribution in [-0.4, -0.2) is 61.0 Å². The van der Waals surface area contributed by atoms with Crippen molar-refractivity contribution in [2.24, 2.45) is 0 Å². The van der Waals surface area contributed by atoms with Gasteiger partial charge in [-0.25, -0.2) is 4.39 Å². The van der Waals surface area contributed by atoms with Crippen LogP contribution in [0.1, 0.15) is 36.0 Å². The predicted molar refractivity (Wildman–Crippen MR) is 94.0 cm³/mol. The summed E-state index contributed by atoms with van der Waals surface area (Å²) in [5.74, 6) is -0.675. The van der Waals surface area contributed by atoms with Crippen molar-refractivity contribution in [3.05, 3.63) is 34.6 Å². The van der Waals surface area contributed by atoms with Crippen LogP contribution in [-0.2, 0) is 0 Å². The van der Waals surface area contributed by atoms with Crippen LogP contribution in [0, 0.1) is 5.82 Å². The second-order valence-corrected chi connectivity index (χ2v) is 7.38. The molecular weight excluding hydrogens is 329 g/mol. The number of piperidine rings is 2. The van der Waals surface area contributed by atoms with Crippen LogP contribution in [0.5, 0.6) is 0 Å². The molecule has 1 atom stereocenters. The smallest absolute Gasteiger partial charge is 0.251 e. The number of nitrogens with zero attached hydrogens (tertiary/aromatic N) is 2. The summed E-state index contributed by atoms with van der Waals surface area (Å²) in [5.41, 5.74) is 0.415. The molecule has 24 heavy (non-hydrogen) atoms. The minimum atomic E-state index is -0.501. The molecule has 0 radical (unpaired) electrons. The van der Waals surface area contributed by atoms with Crippen LogP contribution >= 0.6 is 11.6 Å². The number of rotatable bonds is 3. The Kier molecular flexibility index (Phi) is 5.74. The zero-order chi connectivity index (χ0) is 17.1. The van der Waals surface area contributed by atoms with E-state index in [0.29, 0.717) is 11.6 Å². The van der Waals surface area contributed by atoms with E-state index in [1.807, 2.05) is 0 Å². The number of hydrogen-bond donors (Lipinski definition) is 1. The molecule has 0 bridgehead atoms. The van der Waals surface area contributed by atoms with Gasteiger partial charge in [0.1, 0.15) is 5.82 Å². The molecule has 1 N–H and O–H groups in total. The molecule has 0 aromatic heterocycles. The molecule has 2 heterocycles. The van der Waals surface area contributed by atoms with E-state index in [2.05, 4.69) is 22.2 Å². The maximum Gasteiger partial charge on any atom is 0.251 e. The van der Waals surface area contributed by atoms with Crippen molar-refractivity contribution in [1.82, 2.24) is 15.1 Å². The summed E-state index contributed by atoms with van der Waals surface area (Å²) in [6.45, 7) is 4.30. The van der Waals surface area contributed by atoms with E-state index >= 15 is 0 Å². The lowest BCUT2D eigenvalue weighted by Crippen LogP contribution is -2.53. The molecule has 4 nitrogen and oxygen atoms in total.